The van der Waals surface area contributed by atoms with Gasteiger partial charge in [0.1, 0.15) is 0 Å². The van der Waals surface area contributed by atoms with Gasteiger partial charge in [-0.15, -0.1) is 0 Å². The lowest BCUT2D eigenvalue weighted by molar-refractivity contribution is -0.160. The van der Waals surface area contributed by atoms with E-state index in [1.54, 1.807) is 0 Å². The first-order valence-electron chi connectivity index (χ1n) is 16.8. The molecule has 2 amide bonds. The molecule has 0 spiro atoms. The Morgan fingerprint density at radius 2 is 1.32 bits per heavy atom. The Balaban J connectivity index is 1.20. The van der Waals surface area contributed by atoms with Crippen molar-refractivity contribution in [2.24, 2.45) is 52.3 Å². The fourth-order valence-corrected chi connectivity index (χ4v) is 11.4. The molecule has 38 heavy (non-hydrogen) atoms. The molecule has 0 aromatic rings. The molecule has 9 atom stereocenters. The standard InChI is InChI=1S/C34H56N2O2/c1-23-9-13-35(14-10-23)31(37)34-19-25(3)16-28(21-34)17-29(22-34)30-8-6-12-36(26(30)4)32(38)33-11-5-7-27(20-33)15-24(2)18-33/h23-30H,5-22H2,1-4H3. The number of rotatable bonds is 3. The Morgan fingerprint density at radius 1 is 0.632 bits per heavy atom. The normalized spacial score (nSPS) is 46.1. The molecule has 0 aromatic heterocycles. The Morgan fingerprint density at radius 3 is 2.08 bits per heavy atom. The van der Waals surface area contributed by atoms with Crippen molar-refractivity contribution < 1.29 is 9.59 Å². The van der Waals surface area contributed by atoms with Crippen LogP contribution in [0.25, 0.3) is 0 Å². The molecule has 6 rings (SSSR count). The van der Waals surface area contributed by atoms with Gasteiger partial charge in [-0.05, 0) is 132 Å². The predicted molar refractivity (Wildman–Crippen MR) is 153 cm³/mol. The van der Waals surface area contributed by atoms with Crippen LogP contribution >= 0.6 is 0 Å². The number of nitrogens with zero attached hydrogens (tertiary/aromatic N) is 2. The quantitative estimate of drug-likeness (QED) is 0.388. The lowest BCUT2D eigenvalue weighted by Crippen LogP contribution is -2.58. The molecule has 4 heteroatoms. The van der Waals surface area contributed by atoms with Crippen molar-refractivity contribution in [3.05, 3.63) is 0 Å². The second-order valence-corrected chi connectivity index (χ2v) is 15.9. The molecule has 0 N–H and O–H groups in total. The van der Waals surface area contributed by atoms with E-state index >= 15 is 0 Å². The number of piperidine rings is 2. The summed E-state index contributed by atoms with van der Waals surface area (Å²) in [7, 11) is 0. The van der Waals surface area contributed by atoms with Crippen molar-refractivity contribution in [2.75, 3.05) is 19.6 Å². The highest BCUT2D eigenvalue weighted by molar-refractivity contribution is 5.84. The SMILES string of the molecule is CC1CCN(C(=O)C23CC(C)CC(CC(C4CCCN(C(=O)C56CCCC(CC(C)C5)C6)C4C)C2)C3)CC1. The lowest BCUT2D eigenvalue weighted by Gasteiger charge is -2.55. The van der Waals surface area contributed by atoms with Crippen molar-refractivity contribution in [1.29, 1.82) is 0 Å². The molecule has 6 fully saturated rings. The summed E-state index contributed by atoms with van der Waals surface area (Å²) in [5.74, 6) is 5.76. The molecule has 2 aliphatic heterocycles. The zero-order valence-electron chi connectivity index (χ0n) is 25.1. The van der Waals surface area contributed by atoms with Crippen LogP contribution in [-0.2, 0) is 9.59 Å². The lowest BCUT2D eigenvalue weighted by atomic mass is 9.53. The third-order valence-electron chi connectivity index (χ3n) is 12.8. The third-order valence-corrected chi connectivity index (χ3v) is 12.8. The minimum atomic E-state index is -0.133. The number of likely N-dealkylation sites (tertiary alicyclic amines) is 2. The number of carbonyl (C=O) groups is 2. The Labute approximate surface area is 233 Å². The van der Waals surface area contributed by atoms with Crippen LogP contribution in [-0.4, -0.2) is 47.3 Å². The molecule has 9 unspecified atom stereocenters. The molecule has 214 valence electrons. The average Bonchev–Trinajstić information content (AvgIpc) is 2.87. The average molecular weight is 525 g/mol. The van der Waals surface area contributed by atoms with Gasteiger partial charge < -0.3 is 9.80 Å². The van der Waals surface area contributed by atoms with Crippen LogP contribution in [0, 0.1) is 52.3 Å². The number of hydrogen-bond donors (Lipinski definition) is 0. The molecule has 4 saturated carbocycles. The predicted octanol–water partition coefficient (Wildman–Crippen LogP) is 7.31. The van der Waals surface area contributed by atoms with E-state index in [0.717, 1.165) is 76.4 Å². The Kier molecular flexibility index (Phi) is 7.43. The van der Waals surface area contributed by atoms with E-state index in [-0.39, 0.29) is 10.8 Å². The van der Waals surface area contributed by atoms with Gasteiger partial charge in [-0.3, -0.25) is 9.59 Å². The van der Waals surface area contributed by atoms with Crippen molar-refractivity contribution in [3.8, 4) is 0 Å². The van der Waals surface area contributed by atoms with Crippen molar-refractivity contribution in [1.82, 2.24) is 9.80 Å². The largest absolute Gasteiger partial charge is 0.342 e. The summed E-state index contributed by atoms with van der Waals surface area (Å²) in [6, 6.07) is 0.326. The highest BCUT2D eigenvalue weighted by Crippen LogP contribution is 2.57. The van der Waals surface area contributed by atoms with Gasteiger partial charge in [-0.25, -0.2) is 0 Å². The second kappa shape index (κ2) is 10.4. The van der Waals surface area contributed by atoms with Gasteiger partial charge in [0.05, 0.1) is 5.41 Å². The summed E-state index contributed by atoms with van der Waals surface area (Å²) in [6.45, 7) is 12.4. The Hall–Kier alpha value is -1.06. The molecule has 2 saturated heterocycles. The molecule has 4 bridgehead atoms. The van der Waals surface area contributed by atoms with Crippen LogP contribution in [0.1, 0.15) is 124 Å². The van der Waals surface area contributed by atoms with Gasteiger partial charge >= 0.3 is 0 Å². The van der Waals surface area contributed by atoms with Gasteiger partial charge in [0.2, 0.25) is 11.8 Å². The van der Waals surface area contributed by atoms with E-state index in [1.807, 2.05) is 0 Å². The molecular formula is C34H56N2O2. The Bertz CT molecular complexity index is 887. The summed E-state index contributed by atoms with van der Waals surface area (Å²) in [5, 5.41) is 0. The number of carbonyl (C=O) groups excluding carboxylic acids is 2. The van der Waals surface area contributed by atoms with E-state index in [2.05, 4.69) is 37.5 Å². The van der Waals surface area contributed by atoms with Crippen LogP contribution in [0.15, 0.2) is 0 Å². The van der Waals surface area contributed by atoms with Gasteiger partial charge in [0, 0.05) is 31.1 Å². The summed E-state index contributed by atoms with van der Waals surface area (Å²) < 4.78 is 0. The number of fused-ring (bicyclic) bond motifs is 4. The first kappa shape index (κ1) is 27.1. The maximum absolute atomic E-state index is 14.4. The van der Waals surface area contributed by atoms with Gasteiger partial charge in [-0.2, -0.15) is 0 Å². The third kappa shape index (κ3) is 4.87. The van der Waals surface area contributed by atoms with E-state index in [0.29, 0.717) is 47.4 Å². The van der Waals surface area contributed by atoms with Crippen LogP contribution < -0.4 is 0 Å². The molecule has 2 heterocycles. The molecule has 4 nitrogen and oxygen atoms in total. The topological polar surface area (TPSA) is 40.6 Å². The van der Waals surface area contributed by atoms with Crippen LogP contribution in [0.3, 0.4) is 0 Å². The van der Waals surface area contributed by atoms with Crippen LogP contribution in [0.5, 0.6) is 0 Å². The fourth-order valence-electron chi connectivity index (χ4n) is 11.4. The second-order valence-electron chi connectivity index (χ2n) is 15.9. The summed E-state index contributed by atoms with van der Waals surface area (Å²) in [4.78, 5) is 33.3. The van der Waals surface area contributed by atoms with Crippen LogP contribution in [0.2, 0.25) is 0 Å². The van der Waals surface area contributed by atoms with E-state index in [4.69, 9.17) is 0 Å². The molecule has 0 aromatic carbocycles. The first-order chi connectivity index (χ1) is 18.2. The van der Waals surface area contributed by atoms with Gasteiger partial charge in [0.15, 0.2) is 0 Å². The monoisotopic (exact) mass is 524 g/mol. The van der Waals surface area contributed by atoms with Gasteiger partial charge in [-0.1, -0.05) is 33.6 Å². The summed E-state index contributed by atoms with van der Waals surface area (Å²) >= 11 is 0. The summed E-state index contributed by atoms with van der Waals surface area (Å²) in [6.07, 6.45) is 17.9. The zero-order valence-corrected chi connectivity index (χ0v) is 25.1. The molecular weight excluding hydrogens is 468 g/mol. The summed E-state index contributed by atoms with van der Waals surface area (Å²) in [5.41, 5.74) is -0.205. The van der Waals surface area contributed by atoms with E-state index in [1.165, 1.54) is 51.4 Å². The fraction of sp³-hybridized carbons (Fsp3) is 0.941. The smallest absolute Gasteiger partial charge is 0.229 e. The van der Waals surface area contributed by atoms with Gasteiger partial charge in [0.25, 0.3) is 0 Å². The highest BCUT2D eigenvalue weighted by atomic mass is 16.2. The van der Waals surface area contributed by atoms with Crippen molar-refractivity contribution in [2.45, 2.75) is 130 Å². The highest BCUT2D eigenvalue weighted by Gasteiger charge is 2.55. The molecule has 6 aliphatic rings. The maximum atomic E-state index is 14.4. The minimum Gasteiger partial charge on any atom is -0.342 e. The van der Waals surface area contributed by atoms with Crippen molar-refractivity contribution in [3.63, 3.8) is 0 Å². The maximum Gasteiger partial charge on any atom is 0.229 e. The minimum absolute atomic E-state index is 0.0716. The molecule has 0 radical (unpaired) electrons. The molecule has 4 aliphatic carbocycles. The number of amides is 2. The van der Waals surface area contributed by atoms with E-state index < -0.39 is 0 Å². The number of hydrogen-bond acceptors (Lipinski definition) is 2. The van der Waals surface area contributed by atoms with E-state index in [9.17, 15) is 9.59 Å². The first-order valence-corrected chi connectivity index (χ1v) is 16.8. The zero-order chi connectivity index (χ0) is 26.7. The van der Waals surface area contributed by atoms with Crippen molar-refractivity contribution >= 4 is 11.8 Å². The van der Waals surface area contributed by atoms with Crippen LogP contribution in [0.4, 0.5) is 0 Å².